The maximum atomic E-state index is 15.4. The molecule has 0 saturated heterocycles. The molecular weight excluding hydrogens is 469 g/mol. The third-order valence-corrected chi connectivity index (χ3v) is 7.34. The molecule has 0 spiro atoms. The molecule has 37 heavy (non-hydrogen) atoms. The van der Waals surface area contributed by atoms with Crippen LogP contribution in [0.4, 0.5) is 4.39 Å². The van der Waals surface area contributed by atoms with E-state index >= 15 is 4.39 Å². The van der Waals surface area contributed by atoms with Crippen molar-refractivity contribution in [2.24, 2.45) is 16.4 Å². The predicted octanol–water partition coefficient (Wildman–Crippen LogP) is 5.04. The number of aryl methyl sites for hydroxylation is 1. The lowest BCUT2D eigenvalue weighted by Crippen LogP contribution is -2.40. The third kappa shape index (κ3) is 5.50. The molecular formula is C29H40FN5O2. The van der Waals surface area contributed by atoms with Gasteiger partial charge in [-0.25, -0.2) is 9.37 Å². The fourth-order valence-corrected chi connectivity index (χ4v) is 4.83. The number of aliphatic hydroxyl groups excluding tert-OH is 1. The van der Waals surface area contributed by atoms with Gasteiger partial charge in [-0.15, -0.1) is 0 Å². The van der Waals surface area contributed by atoms with Crippen LogP contribution in [0.25, 0.3) is 16.8 Å². The number of hydrogen-bond acceptors (Lipinski definition) is 6. The summed E-state index contributed by atoms with van der Waals surface area (Å²) in [5.74, 6) is -0.0793. The quantitative estimate of drug-likeness (QED) is 0.423. The van der Waals surface area contributed by atoms with Crippen LogP contribution in [0, 0.1) is 24.1 Å². The summed E-state index contributed by atoms with van der Waals surface area (Å²) in [6, 6.07) is 7.72. The van der Waals surface area contributed by atoms with Crippen LogP contribution in [0.2, 0.25) is 0 Å². The van der Waals surface area contributed by atoms with Gasteiger partial charge in [0.05, 0.1) is 36.4 Å². The zero-order chi connectivity index (χ0) is 26.9. The van der Waals surface area contributed by atoms with Crippen molar-refractivity contribution >= 4 is 11.4 Å². The minimum Gasteiger partial charge on any atom is -0.490 e. The molecule has 1 aliphatic rings. The van der Waals surface area contributed by atoms with E-state index in [1.165, 1.54) is 0 Å². The average molecular weight is 510 g/mol. The number of aromatic nitrogens is 2. The molecule has 0 saturated carbocycles. The molecule has 0 fully saturated rings. The molecule has 2 N–H and O–H groups in total. The highest BCUT2D eigenvalue weighted by Gasteiger charge is 2.40. The molecule has 0 bridgehead atoms. The number of nitrogens with zero attached hydrogens (tertiary/aromatic N) is 4. The molecule has 3 unspecified atom stereocenters. The smallest absolute Gasteiger partial charge is 0.168 e. The minimum atomic E-state index is -0.658. The summed E-state index contributed by atoms with van der Waals surface area (Å²) in [7, 11) is 1.93. The van der Waals surface area contributed by atoms with Crippen LogP contribution < -0.4 is 10.1 Å². The van der Waals surface area contributed by atoms with Gasteiger partial charge >= 0.3 is 0 Å². The molecule has 8 heteroatoms. The second kappa shape index (κ2) is 10.8. The standard InChI is InChI=1S/C29H40FN5O2/c1-8-31-15-21-16-32-24-12-10-20(17-35(21)24)23-11-9-18(2)25(30)27(23)37-14-13-22-19(3)34(7)33-26(22)28(36)29(4,5)6/h9-12,16-17,19,22,28,31,36H,8,13-15H2,1-7H3. The highest BCUT2D eigenvalue weighted by atomic mass is 19.1. The Morgan fingerprint density at radius 1 is 1.22 bits per heavy atom. The Bertz CT molecular complexity index is 1280. The van der Waals surface area contributed by atoms with Crippen LogP contribution in [-0.2, 0) is 6.54 Å². The Morgan fingerprint density at radius 2 is 1.97 bits per heavy atom. The Labute approximate surface area is 219 Å². The van der Waals surface area contributed by atoms with Gasteiger partial charge in [-0.1, -0.05) is 39.8 Å². The molecule has 1 aliphatic heterocycles. The van der Waals surface area contributed by atoms with Crippen LogP contribution in [0.5, 0.6) is 5.75 Å². The van der Waals surface area contributed by atoms with E-state index in [0.29, 0.717) is 30.7 Å². The van der Waals surface area contributed by atoms with Crippen molar-refractivity contribution in [3.05, 3.63) is 53.7 Å². The van der Waals surface area contributed by atoms with E-state index in [1.54, 1.807) is 13.0 Å². The maximum absolute atomic E-state index is 15.4. The highest BCUT2D eigenvalue weighted by Crippen LogP contribution is 2.36. The van der Waals surface area contributed by atoms with Crippen molar-refractivity contribution in [3.8, 4) is 16.9 Å². The molecule has 1 aromatic carbocycles. The summed E-state index contributed by atoms with van der Waals surface area (Å²) >= 11 is 0. The number of ether oxygens (including phenoxy) is 1. The van der Waals surface area contributed by atoms with Gasteiger partial charge in [0.1, 0.15) is 5.65 Å². The monoisotopic (exact) mass is 509 g/mol. The van der Waals surface area contributed by atoms with E-state index in [4.69, 9.17) is 4.74 Å². The number of hydrazone groups is 1. The largest absolute Gasteiger partial charge is 0.490 e. The molecule has 3 heterocycles. The fraction of sp³-hybridized carbons (Fsp3) is 0.517. The van der Waals surface area contributed by atoms with Gasteiger partial charge in [-0.2, -0.15) is 5.10 Å². The number of imidazole rings is 1. The lowest BCUT2D eigenvalue weighted by atomic mass is 9.80. The number of nitrogens with one attached hydrogen (secondary N) is 1. The van der Waals surface area contributed by atoms with Crippen molar-refractivity contribution < 1.29 is 14.2 Å². The molecule has 2 aromatic heterocycles. The summed E-state index contributed by atoms with van der Waals surface area (Å²) in [4.78, 5) is 4.49. The zero-order valence-corrected chi connectivity index (χ0v) is 23.0. The number of hydrogen-bond donors (Lipinski definition) is 2. The number of rotatable bonds is 9. The lowest BCUT2D eigenvalue weighted by molar-refractivity contribution is 0.117. The van der Waals surface area contributed by atoms with Gasteiger partial charge in [0.2, 0.25) is 0 Å². The number of aliphatic hydroxyl groups is 1. The van der Waals surface area contributed by atoms with E-state index in [9.17, 15) is 5.11 Å². The number of benzene rings is 1. The van der Waals surface area contributed by atoms with Gasteiger partial charge in [0.15, 0.2) is 11.6 Å². The van der Waals surface area contributed by atoms with Gasteiger partial charge < -0.3 is 19.6 Å². The predicted molar refractivity (Wildman–Crippen MR) is 146 cm³/mol. The van der Waals surface area contributed by atoms with Crippen molar-refractivity contribution in [2.75, 3.05) is 20.2 Å². The zero-order valence-electron chi connectivity index (χ0n) is 23.0. The molecule has 7 nitrogen and oxygen atoms in total. The summed E-state index contributed by atoms with van der Waals surface area (Å²) in [5.41, 5.74) is 4.43. The molecule has 0 aliphatic carbocycles. The SMILES string of the molecule is CCNCc1cnc2ccc(-c3ccc(C)c(F)c3OCCC3C(C(O)C(C)(C)C)=NN(C)C3C)cn12. The van der Waals surface area contributed by atoms with E-state index in [1.807, 2.05) is 67.8 Å². The maximum Gasteiger partial charge on any atom is 0.168 e. The van der Waals surface area contributed by atoms with Crippen LogP contribution >= 0.6 is 0 Å². The van der Waals surface area contributed by atoms with Crippen molar-refractivity contribution in [1.29, 1.82) is 0 Å². The molecule has 200 valence electrons. The van der Waals surface area contributed by atoms with Crippen LogP contribution in [-0.4, -0.2) is 57.6 Å². The molecule has 3 atom stereocenters. The summed E-state index contributed by atoms with van der Waals surface area (Å²) in [5, 5.41) is 20.8. The average Bonchev–Trinajstić information content (AvgIpc) is 3.39. The molecule has 4 rings (SSSR count). The first kappa shape index (κ1) is 27.1. The van der Waals surface area contributed by atoms with Gasteiger partial charge in [0.25, 0.3) is 0 Å². The second-order valence-corrected chi connectivity index (χ2v) is 11.1. The van der Waals surface area contributed by atoms with Crippen LogP contribution in [0.3, 0.4) is 0 Å². The number of pyridine rings is 1. The van der Waals surface area contributed by atoms with Crippen molar-refractivity contribution in [2.45, 2.75) is 66.7 Å². The lowest BCUT2D eigenvalue weighted by Gasteiger charge is -2.29. The first-order valence-corrected chi connectivity index (χ1v) is 13.1. The normalized spacial score (nSPS) is 18.9. The topological polar surface area (TPSA) is 74.4 Å². The van der Waals surface area contributed by atoms with Gasteiger partial charge in [-0.05, 0) is 49.9 Å². The van der Waals surface area contributed by atoms with Gasteiger partial charge in [0, 0.05) is 36.8 Å². The Kier molecular flexibility index (Phi) is 7.90. The first-order valence-electron chi connectivity index (χ1n) is 13.1. The summed E-state index contributed by atoms with van der Waals surface area (Å²) in [6.07, 6.45) is 3.82. The van der Waals surface area contributed by atoms with E-state index in [-0.39, 0.29) is 28.9 Å². The highest BCUT2D eigenvalue weighted by molar-refractivity contribution is 5.93. The Morgan fingerprint density at radius 3 is 2.68 bits per heavy atom. The molecule has 3 aromatic rings. The number of halogens is 1. The van der Waals surface area contributed by atoms with E-state index in [2.05, 4.69) is 29.2 Å². The summed E-state index contributed by atoms with van der Waals surface area (Å²) < 4.78 is 23.6. The van der Waals surface area contributed by atoms with Gasteiger partial charge in [-0.3, -0.25) is 5.01 Å². The number of fused-ring (bicyclic) bond motifs is 1. The van der Waals surface area contributed by atoms with E-state index < -0.39 is 6.10 Å². The molecule has 0 amide bonds. The second-order valence-electron chi connectivity index (χ2n) is 11.1. The fourth-order valence-electron chi connectivity index (χ4n) is 4.83. The van der Waals surface area contributed by atoms with Crippen LogP contribution in [0.15, 0.2) is 41.8 Å². The Balaban J connectivity index is 1.59. The van der Waals surface area contributed by atoms with Crippen molar-refractivity contribution in [1.82, 2.24) is 19.7 Å². The van der Waals surface area contributed by atoms with Crippen molar-refractivity contribution in [3.63, 3.8) is 0 Å². The minimum absolute atomic E-state index is 0.0199. The first-order chi connectivity index (χ1) is 17.5. The Hall–Kier alpha value is -2.97. The third-order valence-electron chi connectivity index (χ3n) is 7.34. The molecule has 0 radical (unpaired) electrons. The van der Waals surface area contributed by atoms with Crippen LogP contribution in [0.1, 0.15) is 52.3 Å². The summed E-state index contributed by atoms with van der Waals surface area (Å²) in [6.45, 7) is 13.8. The van der Waals surface area contributed by atoms with E-state index in [0.717, 1.165) is 29.2 Å².